The van der Waals surface area contributed by atoms with E-state index in [4.69, 9.17) is 19.3 Å². The molecule has 0 radical (unpaired) electrons. The van der Waals surface area contributed by atoms with Crippen LogP contribution in [0.1, 0.15) is 73.7 Å². The van der Waals surface area contributed by atoms with E-state index in [0.717, 1.165) is 59.3 Å². The van der Waals surface area contributed by atoms with Gasteiger partial charge in [0.25, 0.3) is 0 Å². The summed E-state index contributed by atoms with van der Waals surface area (Å²) in [5.41, 5.74) is 5.83. The molecule has 3 N–H and O–H groups in total. The molecule has 5 rings (SSSR count). The molecule has 5 atom stereocenters. The van der Waals surface area contributed by atoms with Crippen molar-refractivity contribution in [1.82, 2.24) is 10.2 Å². The highest BCUT2D eigenvalue weighted by atomic mass is 16.7. The number of benzene rings is 3. The first-order valence-corrected chi connectivity index (χ1v) is 16.3. The van der Waals surface area contributed by atoms with Crippen LogP contribution in [0, 0.1) is 5.92 Å². The number of aliphatic hydroxyl groups excluding tert-OH is 1. The molecule has 0 aliphatic carbocycles. The second-order valence-electron chi connectivity index (χ2n) is 12.4. The third kappa shape index (κ3) is 8.80. The van der Waals surface area contributed by atoms with E-state index < -0.39 is 12.3 Å². The SMILES string of the molecule is COC[C@@H]1CCCN1C[C@H]1O[C@@H](c2cccc(-c3cccc(CNC(=O)CCCC(=O)O)c3)c2)O[C@@H](c2ccc(CO)cc2)[C@H]1C. The maximum atomic E-state index is 12.2. The van der Waals surface area contributed by atoms with Gasteiger partial charge in [-0.25, -0.2) is 0 Å². The van der Waals surface area contributed by atoms with Crippen LogP contribution in [-0.4, -0.2) is 65.9 Å². The van der Waals surface area contributed by atoms with Crippen LogP contribution >= 0.6 is 0 Å². The molecule has 2 fully saturated rings. The first-order valence-electron chi connectivity index (χ1n) is 16.3. The van der Waals surface area contributed by atoms with E-state index in [0.29, 0.717) is 25.6 Å². The minimum Gasteiger partial charge on any atom is -0.481 e. The number of ether oxygens (including phenoxy) is 3. The largest absolute Gasteiger partial charge is 0.481 e. The molecule has 3 aromatic rings. The van der Waals surface area contributed by atoms with Gasteiger partial charge in [-0.15, -0.1) is 0 Å². The number of hydrogen-bond acceptors (Lipinski definition) is 7. The van der Waals surface area contributed by atoms with E-state index in [1.54, 1.807) is 7.11 Å². The van der Waals surface area contributed by atoms with Crippen LogP contribution in [0.15, 0.2) is 72.8 Å². The normalized spacial score (nSPS) is 23.3. The smallest absolute Gasteiger partial charge is 0.303 e. The van der Waals surface area contributed by atoms with Crippen molar-refractivity contribution in [3.63, 3.8) is 0 Å². The number of carboxylic acids is 1. The average Bonchev–Trinajstić information content (AvgIpc) is 3.51. The molecule has 0 spiro atoms. The Balaban J connectivity index is 1.34. The Hall–Kier alpha value is -3.60. The number of nitrogens with one attached hydrogen (secondary N) is 1. The fourth-order valence-electron chi connectivity index (χ4n) is 6.49. The predicted octanol–water partition coefficient (Wildman–Crippen LogP) is 5.62. The number of aliphatic carboxylic acids is 1. The van der Waals surface area contributed by atoms with Crippen LogP contribution in [0.2, 0.25) is 0 Å². The fourth-order valence-corrected chi connectivity index (χ4v) is 6.49. The van der Waals surface area contributed by atoms with Gasteiger partial charge in [-0.3, -0.25) is 14.5 Å². The first-order chi connectivity index (χ1) is 22.3. The lowest BCUT2D eigenvalue weighted by Crippen LogP contribution is -2.46. The number of carboxylic acid groups (broad SMARTS) is 1. The van der Waals surface area contributed by atoms with Crippen molar-refractivity contribution < 1.29 is 34.0 Å². The van der Waals surface area contributed by atoms with Crippen molar-refractivity contribution in [3.05, 3.63) is 95.1 Å². The van der Waals surface area contributed by atoms with Crippen molar-refractivity contribution in [2.75, 3.05) is 26.8 Å². The molecule has 2 saturated heterocycles. The average molecular weight is 631 g/mol. The number of nitrogens with zero attached hydrogens (tertiary/aromatic N) is 1. The first kappa shape index (κ1) is 33.8. The topological polar surface area (TPSA) is 118 Å². The monoisotopic (exact) mass is 630 g/mol. The number of carbonyl (C=O) groups excluding carboxylic acids is 1. The maximum Gasteiger partial charge on any atom is 0.303 e. The van der Waals surface area contributed by atoms with Gasteiger partial charge in [0, 0.05) is 50.6 Å². The third-order valence-corrected chi connectivity index (χ3v) is 9.10. The number of amides is 1. The Morgan fingerprint density at radius 3 is 2.46 bits per heavy atom. The minimum absolute atomic E-state index is 0.00127. The lowest BCUT2D eigenvalue weighted by molar-refractivity contribution is -0.276. The molecule has 2 aliphatic rings. The maximum absolute atomic E-state index is 12.2. The van der Waals surface area contributed by atoms with Crippen molar-refractivity contribution in [3.8, 4) is 11.1 Å². The summed E-state index contributed by atoms with van der Waals surface area (Å²) in [5.74, 6) is -0.961. The van der Waals surface area contributed by atoms with E-state index in [-0.39, 0.29) is 43.5 Å². The van der Waals surface area contributed by atoms with Gasteiger partial charge >= 0.3 is 5.97 Å². The van der Waals surface area contributed by atoms with Crippen LogP contribution in [0.25, 0.3) is 11.1 Å². The van der Waals surface area contributed by atoms with Gasteiger partial charge in [0.15, 0.2) is 6.29 Å². The van der Waals surface area contributed by atoms with Crippen LogP contribution in [0.4, 0.5) is 0 Å². The zero-order valence-corrected chi connectivity index (χ0v) is 26.8. The van der Waals surface area contributed by atoms with Crippen LogP contribution in [0.5, 0.6) is 0 Å². The van der Waals surface area contributed by atoms with Crippen molar-refractivity contribution in [1.29, 1.82) is 0 Å². The number of carbonyl (C=O) groups is 2. The summed E-state index contributed by atoms with van der Waals surface area (Å²) in [7, 11) is 1.76. The van der Waals surface area contributed by atoms with Crippen LogP contribution < -0.4 is 5.32 Å². The molecule has 2 heterocycles. The molecule has 3 aromatic carbocycles. The van der Waals surface area contributed by atoms with E-state index in [1.165, 1.54) is 0 Å². The molecular weight excluding hydrogens is 584 g/mol. The summed E-state index contributed by atoms with van der Waals surface area (Å²) in [6.07, 6.45) is 1.94. The van der Waals surface area contributed by atoms with Gasteiger partial charge in [-0.1, -0.05) is 67.6 Å². The lowest BCUT2D eigenvalue weighted by Gasteiger charge is -2.43. The second kappa shape index (κ2) is 16.3. The predicted molar refractivity (Wildman–Crippen MR) is 175 cm³/mol. The molecule has 46 heavy (non-hydrogen) atoms. The summed E-state index contributed by atoms with van der Waals surface area (Å²) in [4.78, 5) is 25.4. The van der Waals surface area contributed by atoms with Crippen LogP contribution in [0.3, 0.4) is 0 Å². The van der Waals surface area contributed by atoms with Gasteiger partial charge in [0.2, 0.25) is 5.91 Å². The second-order valence-corrected chi connectivity index (χ2v) is 12.4. The zero-order chi connectivity index (χ0) is 32.5. The quantitative estimate of drug-likeness (QED) is 0.210. The number of methoxy groups -OCH3 is 1. The van der Waals surface area contributed by atoms with E-state index in [9.17, 15) is 14.7 Å². The molecular formula is C37H46N2O7. The van der Waals surface area contributed by atoms with Gasteiger partial charge < -0.3 is 29.7 Å². The van der Waals surface area contributed by atoms with Gasteiger partial charge in [-0.05, 0) is 65.8 Å². The molecule has 1 amide bonds. The zero-order valence-electron chi connectivity index (χ0n) is 26.8. The summed E-state index contributed by atoms with van der Waals surface area (Å²) < 4.78 is 19.0. The number of aliphatic hydroxyl groups is 1. The van der Waals surface area contributed by atoms with E-state index in [1.807, 2.05) is 54.6 Å². The molecule has 2 aliphatic heterocycles. The van der Waals surface area contributed by atoms with Gasteiger partial charge in [-0.2, -0.15) is 0 Å². The number of hydrogen-bond donors (Lipinski definition) is 3. The number of likely N-dealkylation sites (tertiary alicyclic amines) is 1. The number of rotatable bonds is 14. The molecule has 246 valence electrons. The lowest BCUT2D eigenvalue weighted by atomic mass is 9.89. The third-order valence-electron chi connectivity index (χ3n) is 9.10. The van der Waals surface area contributed by atoms with E-state index >= 15 is 0 Å². The highest BCUT2D eigenvalue weighted by molar-refractivity contribution is 5.76. The van der Waals surface area contributed by atoms with Gasteiger partial charge in [0.1, 0.15) is 0 Å². The highest BCUT2D eigenvalue weighted by Gasteiger charge is 2.40. The summed E-state index contributed by atoms with van der Waals surface area (Å²) in [6, 6.07) is 24.6. The Labute approximate surface area is 271 Å². The molecule has 0 aromatic heterocycles. The molecule has 9 nitrogen and oxygen atoms in total. The summed E-state index contributed by atoms with van der Waals surface area (Å²) in [5, 5.41) is 21.3. The molecule has 0 unspecified atom stereocenters. The fraction of sp³-hybridized carbons (Fsp3) is 0.459. The Morgan fingerprint density at radius 2 is 1.72 bits per heavy atom. The van der Waals surface area contributed by atoms with Crippen molar-refractivity contribution in [2.24, 2.45) is 5.92 Å². The standard InChI is InChI=1S/C37H46N2O7/c1-25-33(22-39-18-6-11-32(39)24-44-2)45-37(46-36(25)28-16-14-26(23-40)15-17-28)31-10-4-9-30(20-31)29-8-3-7-27(19-29)21-38-34(41)12-5-13-35(42)43/h3-4,7-10,14-17,19-20,25,32-33,36-37,40H,5-6,11-13,18,21-24H2,1-2H3,(H,38,41)(H,42,43)/t25-,32-,33+,36+,37+/m0/s1. The summed E-state index contributed by atoms with van der Waals surface area (Å²) >= 11 is 0. The highest BCUT2D eigenvalue weighted by Crippen LogP contribution is 2.43. The molecule has 0 saturated carbocycles. The Morgan fingerprint density at radius 1 is 0.957 bits per heavy atom. The Kier molecular flexibility index (Phi) is 12.0. The minimum atomic E-state index is -0.897. The van der Waals surface area contributed by atoms with Crippen molar-refractivity contribution >= 4 is 11.9 Å². The van der Waals surface area contributed by atoms with Crippen LogP contribution in [-0.2, 0) is 37.0 Å². The summed E-state index contributed by atoms with van der Waals surface area (Å²) in [6.45, 7) is 5.09. The molecule has 9 heteroatoms. The van der Waals surface area contributed by atoms with E-state index in [2.05, 4.69) is 35.3 Å². The van der Waals surface area contributed by atoms with Crippen molar-refractivity contribution in [2.45, 2.75) is 76.7 Å². The molecule has 0 bridgehead atoms. The van der Waals surface area contributed by atoms with Gasteiger partial charge in [0.05, 0.1) is 25.4 Å². The Bertz CT molecular complexity index is 1450.